The van der Waals surface area contributed by atoms with Gasteiger partial charge in [-0.25, -0.2) is 0 Å². The van der Waals surface area contributed by atoms with Gasteiger partial charge in [0.1, 0.15) is 0 Å². The Bertz CT molecular complexity index is 101. The molecule has 68 valence electrons. The van der Waals surface area contributed by atoms with Gasteiger partial charge in [0.05, 0.1) is 12.5 Å². The molecule has 0 aromatic heterocycles. The van der Waals surface area contributed by atoms with E-state index in [1.54, 1.807) is 0 Å². The maximum atomic E-state index is 9.49. The first kappa shape index (κ1) is 16.8. The second-order valence-electron chi connectivity index (χ2n) is 1.92. The Morgan fingerprint density at radius 2 is 1.82 bits per heavy atom. The summed E-state index contributed by atoms with van der Waals surface area (Å²) in [5, 5.41) is 9.49. The van der Waals surface area contributed by atoms with Gasteiger partial charge in [-0.05, 0) is 18.9 Å². The van der Waals surface area contributed by atoms with Crippen LogP contribution in [0.15, 0.2) is 12.2 Å². The van der Waals surface area contributed by atoms with E-state index in [-0.39, 0.29) is 18.0 Å². The summed E-state index contributed by atoms with van der Waals surface area (Å²) in [4.78, 5) is 9.49. The monoisotopic (exact) mass is 181 g/mol. The molecule has 0 aromatic rings. The number of hydrogen-bond acceptors (Lipinski definition) is 2. The van der Waals surface area contributed by atoms with Crippen LogP contribution in [0.25, 0.3) is 0 Å². The minimum Gasteiger partial charge on any atom is -0.545 e. The molecule has 0 unspecified atom stereocenters. The van der Waals surface area contributed by atoms with Crippen molar-refractivity contribution in [1.82, 2.24) is 0 Å². The molecule has 0 radical (unpaired) electrons. The lowest BCUT2D eigenvalue weighted by Gasteiger charge is -1.93. The molecule has 0 saturated carbocycles. The molecular weight excluding hydrogens is 166 g/mol. The van der Waals surface area contributed by atoms with Crippen LogP contribution in [0.5, 0.6) is 0 Å². The number of carbonyl (C=O) groups is 1. The van der Waals surface area contributed by atoms with Crippen LogP contribution < -0.4 is 10.8 Å². The van der Waals surface area contributed by atoms with Crippen molar-refractivity contribution in [3.05, 3.63) is 12.2 Å². The lowest BCUT2D eigenvalue weighted by Crippen LogP contribution is -2.49. The quantitative estimate of drug-likeness (QED) is 0.577. The largest absolute Gasteiger partial charge is 0.545 e. The van der Waals surface area contributed by atoms with Crippen molar-refractivity contribution >= 4 is 18.4 Å². The van der Waals surface area contributed by atoms with Crippen LogP contribution in [0.4, 0.5) is 0 Å². The summed E-state index contributed by atoms with van der Waals surface area (Å²) in [6.45, 7) is 7.66. The average Bonchev–Trinajstić information content (AvgIpc) is 1.89. The fourth-order valence-electron chi connectivity index (χ4n) is 0. The number of rotatable bonds is 2. The van der Waals surface area contributed by atoms with Crippen LogP contribution >= 0.6 is 12.4 Å². The van der Waals surface area contributed by atoms with E-state index in [0.29, 0.717) is 0 Å². The highest BCUT2D eigenvalue weighted by molar-refractivity contribution is 5.85. The van der Waals surface area contributed by atoms with Crippen LogP contribution in [0.1, 0.15) is 20.3 Å². The molecule has 0 aliphatic heterocycles. The first-order valence-electron chi connectivity index (χ1n) is 3.22. The summed E-state index contributed by atoms with van der Waals surface area (Å²) < 4.78 is 0. The van der Waals surface area contributed by atoms with Gasteiger partial charge < -0.3 is 15.6 Å². The predicted octanol–water partition coefficient (Wildman–Crippen LogP) is -0.628. The Labute approximate surface area is 73.7 Å². The van der Waals surface area contributed by atoms with E-state index in [4.69, 9.17) is 0 Å². The molecule has 0 aromatic carbocycles. The number of aliphatic carboxylic acids is 1. The Morgan fingerprint density at radius 1 is 1.64 bits per heavy atom. The topological polar surface area (TPSA) is 67.8 Å². The lowest BCUT2D eigenvalue weighted by molar-refractivity contribution is -0.367. The fraction of sp³-hybridized carbons (Fsp3) is 0.571. The molecule has 0 fully saturated rings. The second-order valence-corrected chi connectivity index (χ2v) is 1.92. The van der Waals surface area contributed by atoms with Gasteiger partial charge in [-0.3, -0.25) is 0 Å². The number of carboxylic acids is 1. The number of hydrogen-bond donors (Lipinski definition) is 1. The average molecular weight is 182 g/mol. The number of carboxylic acid groups (broad SMARTS) is 1. The van der Waals surface area contributed by atoms with Crippen molar-refractivity contribution in [2.45, 2.75) is 20.3 Å². The third-order valence-electron chi connectivity index (χ3n) is 0.702. The maximum absolute atomic E-state index is 9.49. The van der Waals surface area contributed by atoms with Crippen molar-refractivity contribution in [3.8, 4) is 0 Å². The van der Waals surface area contributed by atoms with Gasteiger partial charge in [0.2, 0.25) is 0 Å². The summed E-state index contributed by atoms with van der Waals surface area (Å²) in [6.07, 6.45) is 1.21. The van der Waals surface area contributed by atoms with Crippen LogP contribution in [-0.2, 0) is 4.79 Å². The predicted molar refractivity (Wildman–Crippen MR) is 45.1 cm³/mol. The van der Waals surface area contributed by atoms with Gasteiger partial charge in [0, 0.05) is 0 Å². The third kappa shape index (κ3) is 26.5. The number of quaternary nitrogens is 1. The summed E-state index contributed by atoms with van der Waals surface area (Å²) in [6, 6.07) is 0. The van der Waals surface area contributed by atoms with Crippen molar-refractivity contribution < 1.29 is 15.6 Å². The van der Waals surface area contributed by atoms with Crippen molar-refractivity contribution in [2.24, 2.45) is 0 Å². The summed E-state index contributed by atoms with van der Waals surface area (Å²) in [5.74, 6) is -1.19. The molecule has 0 aliphatic rings. The van der Waals surface area contributed by atoms with Gasteiger partial charge in [-0.15, -0.1) is 12.4 Å². The minimum atomic E-state index is -1.19. The zero-order valence-corrected chi connectivity index (χ0v) is 7.87. The molecule has 11 heavy (non-hydrogen) atoms. The zero-order chi connectivity index (χ0) is 8.57. The van der Waals surface area contributed by atoms with Crippen LogP contribution in [0, 0.1) is 0 Å². The molecule has 0 saturated heterocycles. The SMILES string of the molecule is C=C(C)C(=O)[O-].CCC[NH3+].Cl. The molecule has 0 amide bonds. The van der Waals surface area contributed by atoms with Crippen LogP contribution in [0.2, 0.25) is 0 Å². The Balaban J connectivity index is -0.000000114. The molecular formula is C7H16ClNO2. The van der Waals surface area contributed by atoms with E-state index in [9.17, 15) is 9.90 Å². The van der Waals surface area contributed by atoms with Gasteiger partial charge >= 0.3 is 0 Å². The van der Waals surface area contributed by atoms with Crippen LogP contribution in [0.3, 0.4) is 0 Å². The minimum absolute atomic E-state index is 0. The Morgan fingerprint density at radius 3 is 1.82 bits per heavy atom. The molecule has 3 nitrogen and oxygen atoms in total. The smallest absolute Gasteiger partial charge is 0.0737 e. The summed E-state index contributed by atoms with van der Waals surface area (Å²) >= 11 is 0. The van der Waals surface area contributed by atoms with E-state index in [1.807, 2.05) is 0 Å². The van der Waals surface area contributed by atoms with Crippen molar-refractivity contribution in [1.29, 1.82) is 0 Å². The summed E-state index contributed by atoms with van der Waals surface area (Å²) in [7, 11) is 0. The molecule has 0 atom stereocenters. The molecule has 0 rings (SSSR count). The van der Waals surface area contributed by atoms with Gasteiger partial charge in [-0.2, -0.15) is 0 Å². The Kier molecular flexibility index (Phi) is 18.6. The third-order valence-corrected chi connectivity index (χ3v) is 0.702. The molecule has 3 N–H and O–H groups in total. The highest BCUT2D eigenvalue weighted by Gasteiger charge is 1.76. The van der Waals surface area contributed by atoms with E-state index in [1.165, 1.54) is 13.3 Å². The molecule has 4 heteroatoms. The van der Waals surface area contributed by atoms with E-state index in [2.05, 4.69) is 19.2 Å². The second kappa shape index (κ2) is 12.2. The standard InChI is InChI=1S/C4H6O2.C3H9N.ClH/c1-3(2)4(5)6;1-2-3-4;/h1H2,2H3,(H,5,6);2-4H2,1H3;1H. The molecule has 0 bridgehead atoms. The fourth-order valence-corrected chi connectivity index (χ4v) is 0. The van der Waals surface area contributed by atoms with Crippen molar-refractivity contribution in [2.75, 3.05) is 6.54 Å². The number of carbonyl (C=O) groups excluding carboxylic acids is 1. The maximum Gasteiger partial charge on any atom is 0.0737 e. The normalized spacial score (nSPS) is 6.82. The van der Waals surface area contributed by atoms with Gasteiger partial charge in [0.15, 0.2) is 0 Å². The number of halogens is 1. The molecule has 0 heterocycles. The molecule has 0 spiro atoms. The first-order chi connectivity index (χ1) is 4.56. The summed E-state index contributed by atoms with van der Waals surface area (Å²) in [5.41, 5.74) is 3.67. The van der Waals surface area contributed by atoms with Crippen LogP contribution in [-0.4, -0.2) is 12.5 Å². The van der Waals surface area contributed by atoms with Crippen molar-refractivity contribution in [3.63, 3.8) is 0 Å². The lowest BCUT2D eigenvalue weighted by atomic mass is 10.4. The van der Waals surface area contributed by atoms with E-state index >= 15 is 0 Å². The molecule has 0 aliphatic carbocycles. The van der Waals surface area contributed by atoms with E-state index < -0.39 is 5.97 Å². The zero-order valence-electron chi connectivity index (χ0n) is 7.05. The van der Waals surface area contributed by atoms with Gasteiger partial charge in [0.25, 0.3) is 0 Å². The van der Waals surface area contributed by atoms with E-state index in [0.717, 1.165) is 6.54 Å². The highest BCUT2D eigenvalue weighted by Crippen LogP contribution is 1.77. The van der Waals surface area contributed by atoms with Gasteiger partial charge in [-0.1, -0.05) is 13.5 Å². The first-order valence-corrected chi connectivity index (χ1v) is 3.22. The Hall–Kier alpha value is -0.540. The highest BCUT2D eigenvalue weighted by atomic mass is 35.5.